The van der Waals surface area contributed by atoms with E-state index in [1.165, 1.54) is 5.56 Å². The molecule has 0 bridgehead atoms. The van der Waals surface area contributed by atoms with E-state index in [4.69, 9.17) is 0 Å². The largest absolute Gasteiger partial charge is 0.353 e. The first-order valence-corrected chi connectivity index (χ1v) is 6.06. The number of carbonyl (C=O) groups excluding carboxylic acids is 1. The summed E-state index contributed by atoms with van der Waals surface area (Å²) in [6.45, 7) is 5.32. The number of nitrogens with zero attached hydrogens (tertiary/aromatic N) is 3. The molecule has 1 fully saturated rings. The number of halogens is 1. The molecule has 1 amide bonds. The van der Waals surface area contributed by atoms with E-state index in [0.29, 0.717) is 0 Å². The maximum atomic E-state index is 10.6. The number of aryl methyl sites for hydroxylation is 1. The summed E-state index contributed by atoms with van der Waals surface area (Å²) in [6, 6.07) is 2.07. The molecule has 0 saturated carbocycles. The fourth-order valence-electron chi connectivity index (χ4n) is 1.75. The highest BCUT2D eigenvalue weighted by atomic mass is 79.9. The second-order valence-electron chi connectivity index (χ2n) is 3.92. The van der Waals surface area contributed by atoms with Crippen molar-refractivity contribution in [2.75, 3.05) is 31.1 Å². The molecule has 1 aromatic heterocycles. The third kappa shape index (κ3) is 2.35. The van der Waals surface area contributed by atoms with Crippen LogP contribution in [0.3, 0.4) is 0 Å². The molecule has 4 nitrogen and oxygen atoms in total. The van der Waals surface area contributed by atoms with Crippen LogP contribution in [0.2, 0.25) is 0 Å². The van der Waals surface area contributed by atoms with Crippen molar-refractivity contribution in [3.8, 4) is 0 Å². The van der Waals surface area contributed by atoms with Gasteiger partial charge in [0.15, 0.2) is 0 Å². The summed E-state index contributed by atoms with van der Waals surface area (Å²) in [4.78, 5) is 19.0. The number of pyridine rings is 1. The van der Waals surface area contributed by atoms with Crippen molar-refractivity contribution in [3.63, 3.8) is 0 Å². The molecular formula is C11H14BrN3O. The van der Waals surface area contributed by atoms with Crippen LogP contribution in [0.5, 0.6) is 0 Å². The van der Waals surface area contributed by atoms with Crippen molar-refractivity contribution < 1.29 is 4.79 Å². The van der Waals surface area contributed by atoms with Gasteiger partial charge in [-0.15, -0.1) is 0 Å². The second-order valence-corrected chi connectivity index (χ2v) is 4.77. The van der Waals surface area contributed by atoms with E-state index in [-0.39, 0.29) is 0 Å². The summed E-state index contributed by atoms with van der Waals surface area (Å²) in [7, 11) is 0. The zero-order valence-corrected chi connectivity index (χ0v) is 10.8. The third-order valence-corrected chi connectivity index (χ3v) is 3.65. The lowest BCUT2D eigenvalue weighted by Gasteiger charge is -2.33. The van der Waals surface area contributed by atoms with Crippen LogP contribution >= 0.6 is 15.9 Å². The van der Waals surface area contributed by atoms with Gasteiger partial charge in [0, 0.05) is 36.8 Å². The fraction of sp³-hybridized carbons (Fsp3) is 0.455. The number of piperazine rings is 1. The molecule has 86 valence electrons. The number of amides is 1. The highest BCUT2D eigenvalue weighted by molar-refractivity contribution is 9.10. The van der Waals surface area contributed by atoms with Gasteiger partial charge >= 0.3 is 0 Å². The third-order valence-electron chi connectivity index (χ3n) is 2.82. The van der Waals surface area contributed by atoms with Crippen molar-refractivity contribution in [1.82, 2.24) is 9.88 Å². The topological polar surface area (TPSA) is 36.4 Å². The van der Waals surface area contributed by atoms with Crippen LogP contribution in [-0.2, 0) is 4.79 Å². The maximum absolute atomic E-state index is 10.6. The van der Waals surface area contributed by atoms with Crippen LogP contribution in [0.25, 0.3) is 0 Å². The summed E-state index contributed by atoms with van der Waals surface area (Å²) in [6.07, 6.45) is 2.74. The van der Waals surface area contributed by atoms with E-state index in [1.807, 2.05) is 6.20 Å². The molecule has 0 aromatic carbocycles. The predicted octanol–water partition coefficient (Wildman–Crippen LogP) is 1.43. The minimum atomic E-state index is 0.778. The van der Waals surface area contributed by atoms with Crippen molar-refractivity contribution in [2.24, 2.45) is 0 Å². The van der Waals surface area contributed by atoms with Gasteiger partial charge in [-0.3, -0.25) is 4.79 Å². The normalized spacial score (nSPS) is 16.4. The van der Waals surface area contributed by atoms with Crippen LogP contribution < -0.4 is 4.90 Å². The molecule has 0 spiro atoms. The summed E-state index contributed by atoms with van der Waals surface area (Å²) >= 11 is 3.44. The minimum Gasteiger partial charge on any atom is -0.353 e. The van der Waals surface area contributed by atoms with Gasteiger partial charge in [-0.2, -0.15) is 0 Å². The van der Waals surface area contributed by atoms with Gasteiger partial charge in [0.1, 0.15) is 5.82 Å². The molecule has 0 unspecified atom stereocenters. The molecule has 0 atom stereocenters. The molecular weight excluding hydrogens is 270 g/mol. The second kappa shape index (κ2) is 4.82. The predicted molar refractivity (Wildman–Crippen MR) is 66.5 cm³/mol. The summed E-state index contributed by atoms with van der Waals surface area (Å²) < 4.78 is 1.03. The SMILES string of the molecule is Cc1cc(N2CCN(C=O)CC2)ncc1Br. The lowest BCUT2D eigenvalue weighted by Crippen LogP contribution is -2.46. The number of hydrogen-bond acceptors (Lipinski definition) is 3. The summed E-state index contributed by atoms with van der Waals surface area (Å²) in [5, 5.41) is 0. The Labute approximate surface area is 103 Å². The maximum Gasteiger partial charge on any atom is 0.209 e. The Hall–Kier alpha value is -1.10. The molecule has 0 aliphatic carbocycles. The average molecular weight is 284 g/mol. The Morgan fingerprint density at radius 2 is 2.06 bits per heavy atom. The van der Waals surface area contributed by atoms with Crippen molar-refractivity contribution >= 4 is 28.2 Å². The van der Waals surface area contributed by atoms with Crippen LogP contribution in [0.1, 0.15) is 5.56 Å². The zero-order valence-electron chi connectivity index (χ0n) is 9.19. The van der Waals surface area contributed by atoms with Crippen molar-refractivity contribution in [3.05, 3.63) is 22.3 Å². The van der Waals surface area contributed by atoms with E-state index in [0.717, 1.165) is 42.9 Å². The fourth-order valence-corrected chi connectivity index (χ4v) is 1.97. The molecule has 0 N–H and O–H groups in total. The van der Waals surface area contributed by atoms with Crippen LogP contribution in [0.15, 0.2) is 16.7 Å². The first-order valence-electron chi connectivity index (χ1n) is 5.27. The Kier molecular flexibility index (Phi) is 3.43. The Morgan fingerprint density at radius 3 is 2.62 bits per heavy atom. The Morgan fingerprint density at radius 1 is 1.38 bits per heavy atom. The highest BCUT2D eigenvalue weighted by Gasteiger charge is 2.16. The lowest BCUT2D eigenvalue weighted by atomic mass is 10.2. The molecule has 16 heavy (non-hydrogen) atoms. The van der Waals surface area contributed by atoms with E-state index >= 15 is 0 Å². The van der Waals surface area contributed by atoms with E-state index in [9.17, 15) is 4.79 Å². The molecule has 0 radical (unpaired) electrons. The smallest absolute Gasteiger partial charge is 0.209 e. The minimum absolute atomic E-state index is 0.778. The number of aromatic nitrogens is 1. The number of anilines is 1. The van der Waals surface area contributed by atoms with Gasteiger partial charge in [-0.25, -0.2) is 4.98 Å². The molecule has 1 aliphatic rings. The molecule has 5 heteroatoms. The van der Waals surface area contributed by atoms with Crippen molar-refractivity contribution in [2.45, 2.75) is 6.92 Å². The van der Waals surface area contributed by atoms with Crippen LogP contribution in [-0.4, -0.2) is 42.5 Å². The molecule has 1 saturated heterocycles. The summed E-state index contributed by atoms with van der Waals surface area (Å²) in [5.74, 6) is 0.992. The average Bonchev–Trinajstić information content (AvgIpc) is 2.33. The number of carbonyl (C=O) groups is 1. The summed E-state index contributed by atoms with van der Waals surface area (Å²) in [5.41, 5.74) is 1.18. The van der Waals surface area contributed by atoms with Gasteiger partial charge in [0.2, 0.25) is 6.41 Å². The van der Waals surface area contributed by atoms with E-state index in [1.54, 1.807) is 4.90 Å². The molecule has 2 rings (SSSR count). The lowest BCUT2D eigenvalue weighted by molar-refractivity contribution is -0.118. The number of rotatable bonds is 2. The van der Waals surface area contributed by atoms with Gasteiger partial charge in [-0.1, -0.05) is 0 Å². The van der Waals surface area contributed by atoms with Crippen molar-refractivity contribution in [1.29, 1.82) is 0 Å². The quantitative estimate of drug-likeness (QED) is 0.771. The van der Waals surface area contributed by atoms with Crippen LogP contribution in [0.4, 0.5) is 5.82 Å². The Balaban J connectivity index is 2.08. The van der Waals surface area contributed by atoms with Gasteiger partial charge in [0.05, 0.1) is 0 Å². The highest BCUT2D eigenvalue weighted by Crippen LogP contribution is 2.20. The van der Waals surface area contributed by atoms with Gasteiger partial charge in [0.25, 0.3) is 0 Å². The molecule has 2 heterocycles. The van der Waals surface area contributed by atoms with E-state index < -0.39 is 0 Å². The van der Waals surface area contributed by atoms with E-state index in [2.05, 4.69) is 38.8 Å². The molecule has 1 aromatic rings. The molecule has 1 aliphatic heterocycles. The standard InChI is InChI=1S/C11H14BrN3O/c1-9-6-11(13-7-10(9)12)15-4-2-14(8-16)3-5-15/h6-8H,2-5H2,1H3. The van der Waals surface area contributed by atoms with Gasteiger partial charge in [-0.05, 0) is 34.5 Å². The first-order chi connectivity index (χ1) is 7.70. The monoisotopic (exact) mass is 283 g/mol. The van der Waals surface area contributed by atoms with Gasteiger partial charge < -0.3 is 9.80 Å². The zero-order chi connectivity index (χ0) is 11.5. The first kappa shape index (κ1) is 11.4. The van der Waals surface area contributed by atoms with Crippen LogP contribution in [0, 0.1) is 6.92 Å². The number of hydrogen-bond donors (Lipinski definition) is 0. The Bertz CT molecular complexity index is 389.